The fourth-order valence-corrected chi connectivity index (χ4v) is 2.09. The van der Waals surface area contributed by atoms with Crippen molar-refractivity contribution in [3.8, 4) is 0 Å². The quantitative estimate of drug-likeness (QED) is 0.812. The van der Waals surface area contributed by atoms with Crippen LogP contribution in [0.3, 0.4) is 0 Å². The van der Waals surface area contributed by atoms with Gasteiger partial charge >= 0.3 is 0 Å². The summed E-state index contributed by atoms with van der Waals surface area (Å²) in [6.45, 7) is 4.18. The van der Waals surface area contributed by atoms with Gasteiger partial charge in [-0.2, -0.15) is 4.98 Å². The summed E-state index contributed by atoms with van der Waals surface area (Å²) in [6.07, 6.45) is 4.21. The van der Waals surface area contributed by atoms with Crippen molar-refractivity contribution in [2.75, 3.05) is 19.6 Å². The molecule has 1 amide bonds. The molecule has 1 aromatic heterocycles. The molecule has 6 nitrogen and oxygen atoms in total. The molecule has 17 heavy (non-hydrogen) atoms. The zero-order chi connectivity index (χ0) is 12.1. The molecule has 0 atom stereocenters. The molecular weight excluding hydrogens is 220 g/mol. The van der Waals surface area contributed by atoms with Crippen LogP contribution in [0.2, 0.25) is 0 Å². The van der Waals surface area contributed by atoms with E-state index in [1.807, 2.05) is 4.90 Å². The maximum absolute atomic E-state index is 11.2. The number of nitrogens with one attached hydrogen (secondary N) is 1. The SMILES string of the molecule is CC(=O)N1CCC(NCCc2ncno2)CC1. The summed E-state index contributed by atoms with van der Waals surface area (Å²) in [5.41, 5.74) is 0. The highest BCUT2D eigenvalue weighted by atomic mass is 16.5. The van der Waals surface area contributed by atoms with E-state index in [-0.39, 0.29) is 5.91 Å². The number of rotatable bonds is 4. The highest BCUT2D eigenvalue weighted by Gasteiger charge is 2.19. The Bertz CT molecular complexity index is 344. The van der Waals surface area contributed by atoms with Crippen molar-refractivity contribution in [3.05, 3.63) is 12.2 Å². The first-order chi connectivity index (χ1) is 8.25. The Kier molecular flexibility index (Phi) is 4.08. The van der Waals surface area contributed by atoms with E-state index in [4.69, 9.17) is 4.52 Å². The molecule has 2 heterocycles. The molecule has 1 saturated heterocycles. The number of hydrogen-bond acceptors (Lipinski definition) is 5. The van der Waals surface area contributed by atoms with Crippen molar-refractivity contribution in [2.45, 2.75) is 32.2 Å². The van der Waals surface area contributed by atoms with Gasteiger partial charge in [-0.25, -0.2) is 0 Å². The normalized spacial score (nSPS) is 17.4. The molecule has 6 heteroatoms. The Morgan fingerprint density at radius 1 is 1.59 bits per heavy atom. The van der Waals surface area contributed by atoms with Gasteiger partial charge in [0, 0.05) is 39.0 Å². The van der Waals surface area contributed by atoms with E-state index >= 15 is 0 Å². The van der Waals surface area contributed by atoms with Crippen molar-refractivity contribution >= 4 is 5.91 Å². The van der Waals surface area contributed by atoms with Crippen LogP contribution in [-0.4, -0.2) is 46.6 Å². The van der Waals surface area contributed by atoms with Crippen molar-refractivity contribution in [1.82, 2.24) is 20.4 Å². The minimum Gasteiger partial charge on any atom is -0.343 e. The van der Waals surface area contributed by atoms with Crippen LogP contribution in [0.1, 0.15) is 25.7 Å². The van der Waals surface area contributed by atoms with Gasteiger partial charge in [-0.3, -0.25) is 4.79 Å². The average molecular weight is 238 g/mol. The number of carbonyl (C=O) groups excluding carboxylic acids is 1. The van der Waals surface area contributed by atoms with Gasteiger partial charge in [0.25, 0.3) is 0 Å². The van der Waals surface area contributed by atoms with Crippen LogP contribution in [0.5, 0.6) is 0 Å². The van der Waals surface area contributed by atoms with E-state index in [0.29, 0.717) is 11.9 Å². The Labute approximate surface area is 100 Å². The zero-order valence-corrected chi connectivity index (χ0v) is 10.1. The molecule has 1 aromatic rings. The first-order valence-electron chi connectivity index (χ1n) is 6.00. The van der Waals surface area contributed by atoms with Crippen molar-refractivity contribution in [1.29, 1.82) is 0 Å². The topological polar surface area (TPSA) is 71.3 Å². The molecule has 0 spiro atoms. The maximum Gasteiger partial charge on any atom is 0.227 e. The van der Waals surface area contributed by atoms with Gasteiger partial charge in [0.15, 0.2) is 6.33 Å². The number of likely N-dealkylation sites (tertiary alicyclic amines) is 1. The molecule has 94 valence electrons. The molecule has 1 aliphatic heterocycles. The minimum atomic E-state index is 0.175. The molecule has 0 aromatic carbocycles. The smallest absolute Gasteiger partial charge is 0.227 e. The lowest BCUT2D eigenvalue weighted by atomic mass is 10.1. The molecule has 0 aliphatic carbocycles. The number of amides is 1. The highest BCUT2D eigenvalue weighted by Crippen LogP contribution is 2.10. The fraction of sp³-hybridized carbons (Fsp3) is 0.727. The number of piperidine rings is 1. The lowest BCUT2D eigenvalue weighted by Crippen LogP contribution is -2.44. The largest absolute Gasteiger partial charge is 0.343 e. The Balaban J connectivity index is 1.63. The van der Waals surface area contributed by atoms with Gasteiger partial charge in [-0.1, -0.05) is 5.16 Å². The van der Waals surface area contributed by atoms with Gasteiger partial charge in [0.2, 0.25) is 11.8 Å². The second-order valence-electron chi connectivity index (χ2n) is 4.32. The number of carbonyl (C=O) groups is 1. The molecule has 0 radical (unpaired) electrons. The van der Waals surface area contributed by atoms with Crippen LogP contribution in [0.4, 0.5) is 0 Å². The second-order valence-corrected chi connectivity index (χ2v) is 4.32. The third kappa shape index (κ3) is 3.52. The predicted molar refractivity (Wildman–Crippen MR) is 61.3 cm³/mol. The van der Waals surface area contributed by atoms with Crippen LogP contribution in [0.25, 0.3) is 0 Å². The second kappa shape index (κ2) is 5.77. The zero-order valence-electron chi connectivity index (χ0n) is 10.1. The minimum absolute atomic E-state index is 0.175. The number of hydrogen-bond donors (Lipinski definition) is 1. The molecule has 1 N–H and O–H groups in total. The van der Waals surface area contributed by atoms with E-state index in [1.54, 1.807) is 6.92 Å². The van der Waals surface area contributed by atoms with Crippen LogP contribution in [-0.2, 0) is 11.2 Å². The summed E-state index contributed by atoms with van der Waals surface area (Å²) < 4.78 is 4.92. The Morgan fingerprint density at radius 3 is 2.94 bits per heavy atom. The first-order valence-corrected chi connectivity index (χ1v) is 6.00. The highest BCUT2D eigenvalue weighted by molar-refractivity contribution is 5.73. The van der Waals surface area contributed by atoms with Gasteiger partial charge in [-0.15, -0.1) is 0 Å². The lowest BCUT2D eigenvalue weighted by molar-refractivity contribution is -0.129. The summed E-state index contributed by atoms with van der Waals surface area (Å²) in [5, 5.41) is 7.01. The summed E-state index contributed by atoms with van der Waals surface area (Å²) in [6, 6.07) is 0.494. The molecule has 0 bridgehead atoms. The van der Waals surface area contributed by atoms with E-state index in [9.17, 15) is 4.79 Å². The van der Waals surface area contributed by atoms with E-state index in [2.05, 4.69) is 15.5 Å². The molecular formula is C11H18N4O2. The van der Waals surface area contributed by atoms with Crippen LogP contribution in [0.15, 0.2) is 10.9 Å². The maximum atomic E-state index is 11.2. The van der Waals surface area contributed by atoms with Crippen molar-refractivity contribution in [3.63, 3.8) is 0 Å². The summed E-state index contributed by atoms with van der Waals surface area (Å²) >= 11 is 0. The predicted octanol–water partition coefficient (Wildman–Crippen LogP) is 0.213. The third-order valence-corrected chi connectivity index (χ3v) is 3.12. The van der Waals surface area contributed by atoms with E-state index < -0.39 is 0 Å². The monoisotopic (exact) mass is 238 g/mol. The lowest BCUT2D eigenvalue weighted by Gasteiger charge is -2.31. The Morgan fingerprint density at radius 2 is 2.35 bits per heavy atom. The average Bonchev–Trinajstić information content (AvgIpc) is 2.83. The van der Waals surface area contributed by atoms with Crippen LogP contribution >= 0.6 is 0 Å². The van der Waals surface area contributed by atoms with Gasteiger partial charge in [0.05, 0.1) is 0 Å². The van der Waals surface area contributed by atoms with E-state index in [1.165, 1.54) is 6.33 Å². The molecule has 0 saturated carbocycles. The third-order valence-electron chi connectivity index (χ3n) is 3.12. The summed E-state index contributed by atoms with van der Waals surface area (Å²) in [4.78, 5) is 17.0. The van der Waals surface area contributed by atoms with Gasteiger partial charge in [0.1, 0.15) is 0 Å². The Hall–Kier alpha value is -1.43. The molecule has 2 rings (SSSR count). The van der Waals surface area contributed by atoms with Crippen molar-refractivity contribution < 1.29 is 9.32 Å². The van der Waals surface area contributed by atoms with Gasteiger partial charge in [-0.05, 0) is 12.8 Å². The van der Waals surface area contributed by atoms with E-state index in [0.717, 1.165) is 38.9 Å². The molecule has 1 fully saturated rings. The fourth-order valence-electron chi connectivity index (χ4n) is 2.09. The van der Waals surface area contributed by atoms with Crippen LogP contribution < -0.4 is 5.32 Å². The standard InChI is InChI=1S/C11H18N4O2/c1-9(16)15-6-3-10(4-7-15)12-5-2-11-13-8-14-17-11/h8,10,12H,2-7H2,1H3. The van der Waals surface area contributed by atoms with Crippen LogP contribution in [0, 0.1) is 0 Å². The first kappa shape index (κ1) is 12.0. The number of aromatic nitrogens is 2. The van der Waals surface area contributed by atoms with Gasteiger partial charge < -0.3 is 14.7 Å². The number of nitrogens with zero attached hydrogens (tertiary/aromatic N) is 3. The summed E-state index contributed by atoms with van der Waals surface area (Å²) in [5.74, 6) is 0.841. The van der Waals surface area contributed by atoms with Crippen molar-refractivity contribution in [2.24, 2.45) is 0 Å². The molecule has 1 aliphatic rings. The summed E-state index contributed by atoms with van der Waals surface area (Å²) in [7, 11) is 0. The molecule has 0 unspecified atom stereocenters.